The standard InChI is InChI=1S/C18H24N4O3/c1-25-8-7-22-13-16(10-19-22)20-18(24)21(11-14-5-6-14)12-15-3-2-4-17(23)9-15/h2-4,9-10,13-14,23H,5-8,11-12H2,1H3,(H,20,24). The molecule has 1 aliphatic carbocycles. The fourth-order valence-corrected chi connectivity index (χ4v) is 2.64. The van der Waals surface area contributed by atoms with E-state index in [0.717, 1.165) is 12.1 Å². The second kappa shape index (κ2) is 8.02. The average Bonchev–Trinajstić information content (AvgIpc) is 3.30. The van der Waals surface area contributed by atoms with Gasteiger partial charge >= 0.3 is 6.03 Å². The van der Waals surface area contributed by atoms with Crippen LogP contribution in [0.15, 0.2) is 36.7 Å². The van der Waals surface area contributed by atoms with Gasteiger partial charge in [-0.2, -0.15) is 5.10 Å². The van der Waals surface area contributed by atoms with E-state index in [9.17, 15) is 9.90 Å². The van der Waals surface area contributed by atoms with Gasteiger partial charge in [-0.05, 0) is 36.5 Å². The van der Waals surface area contributed by atoms with E-state index in [1.54, 1.807) is 47.3 Å². The van der Waals surface area contributed by atoms with Crippen LogP contribution >= 0.6 is 0 Å². The van der Waals surface area contributed by atoms with E-state index in [1.165, 1.54) is 12.8 Å². The number of ether oxygens (including phenoxy) is 1. The summed E-state index contributed by atoms with van der Waals surface area (Å²) >= 11 is 0. The number of methoxy groups -OCH3 is 1. The first kappa shape index (κ1) is 17.3. The minimum Gasteiger partial charge on any atom is -0.508 e. The molecule has 7 nitrogen and oxygen atoms in total. The highest BCUT2D eigenvalue weighted by Crippen LogP contribution is 2.30. The lowest BCUT2D eigenvalue weighted by molar-refractivity contribution is 0.183. The molecule has 0 saturated heterocycles. The van der Waals surface area contributed by atoms with E-state index < -0.39 is 0 Å². The largest absolute Gasteiger partial charge is 0.508 e. The molecular formula is C18H24N4O3. The van der Waals surface area contributed by atoms with Crippen molar-refractivity contribution in [2.75, 3.05) is 25.6 Å². The first-order valence-electron chi connectivity index (χ1n) is 8.49. The number of aromatic nitrogens is 2. The zero-order chi connectivity index (χ0) is 17.6. The van der Waals surface area contributed by atoms with Crippen LogP contribution in [0.5, 0.6) is 5.75 Å². The number of amides is 2. The van der Waals surface area contributed by atoms with Crippen molar-refractivity contribution < 1.29 is 14.6 Å². The van der Waals surface area contributed by atoms with Crippen molar-refractivity contribution in [1.82, 2.24) is 14.7 Å². The molecule has 3 rings (SSSR count). The predicted molar refractivity (Wildman–Crippen MR) is 94.4 cm³/mol. The molecule has 1 fully saturated rings. The molecule has 2 amide bonds. The Balaban J connectivity index is 1.63. The van der Waals surface area contributed by atoms with E-state index in [2.05, 4.69) is 10.4 Å². The molecular weight excluding hydrogens is 320 g/mol. The number of nitrogens with zero attached hydrogens (tertiary/aromatic N) is 3. The summed E-state index contributed by atoms with van der Waals surface area (Å²) in [5.74, 6) is 0.788. The van der Waals surface area contributed by atoms with Crippen molar-refractivity contribution in [1.29, 1.82) is 0 Å². The molecule has 25 heavy (non-hydrogen) atoms. The summed E-state index contributed by atoms with van der Waals surface area (Å²) in [6, 6.07) is 6.87. The van der Waals surface area contributed by atoms with Crippen LogP contribution < -0.4 is 5.32 Å². The summed E-state index contributed by atoms with van der Waals surface area (Å²) in [6.07, 6.45) is 5.76. The number of urea groups is 1. The Bertz CT molecular complexity index is 712. The monoisotopic (exact) mass is 344 g/mol. The smallest absolute Gasteiger partial charge is 0.322 e. The molecule has 0 atom stereocenters. The Morgan fingerprint density at radius 3 is 3.04 bits per heavy atom. The first-order valence-corrected chi connectivity index (χ1v) is 8.49. The average molecular weight is 344 g/mol. The summed E-state index contributed by atoms with van der Waals surface area (Å²) < 4.78 is 6.76. The Morgan fingerprint density at radius 2 is 2.32 bits per heavy atom. The highest BCUT2D eigenvalue weighted by atomic mass is 16.5. The van der Waals surface area contributed by atoms with Gasteiger partial charge < -0.3 is 20.1 Å². The number of carbonyl (C=O) groups is 1. The molecule has 2 N–H and O–H groups in total. The van der Waals surface area contributed by atoms with E-state index in [-0.39, 0.29) is 11.8 Å². The molecule has 0 unspecified atom stereocenters. The molecule has 0 bridgehead atoms. The zero-order valence-corrected chi connectivity index (χ0v) is 14.4. The van der Waals surface area contributed by atoms with Gasteiger partial charge in [-0.25, -0.2) is 4.79 Å². The van der Waals surface area contributed by atoms with Crippen molar-refractivity contribution in [3.05, 3.63) is 42.2 Å². The Kier molecular flexibility index (Phi) is 5.55. The van der Waals surface area contributed by atoms with Crippen LogP contribution in [0.2, 0.25) is 0 Å². The van der Waals surface area contributed by atoms with Gasteiger partial charge in [-0.15, -0.1) is 0 Å². The Morgan fingerprint density at radius 1 is 1.48 bits per heavy atom. The van der Waals surface area contributed by atoms with Crippen LogP contribution in [0.3, 0.4) is 0 Å². The molecule has 1 saturated carbocycles. The molecule has 1 aromatic heterocycles. The van der Waals surface area contributed by atoms with Gasteiger partial charge in [0.1, 0.15) is 5.75 Å². The van der Waals surface area contributed by atoms with Crippen LogP contribution in [-0.4, -0.2) is 46.1 Å². The maximum Gasteiger partial charge on any atom is 0.322 e. The van der Waals surface area contributed by atoms with Crippen molar-refractivity contribution in [2.45, 2.75) is 25.9 Å². The predicted octanol–water partition coefficient (Wildman–Crippen LogP) is 2.68. The topological polar surface area (TPSA) is 79.6 Å². The number of phenolic OH excluding ortho intramolecular Hbond substituents is 1. The third kappa shape index (κ3) is 5.22. The normalized spacial score (nSPS) is 13.6. The molecule has 1 heterocycles. The number of benzene rings is 1. The van der Waals surface area contributed by atoms with Gasteiger partial charge in [0.15, 0.2) is 0 Å². The second-order valence-electron chi connectivity index (χ2n) is 6.41. The lowest BCUT2D eigenvalue weighted by Crippen LogP contribution is -2.36. The van der Waals surface area contributed by atoms with E-state index in [1.807, 2.05) is 6.07 Å². The van der Waals surface area contributed by atoms with Crippen LogP contribution in [-0.2, 0) is 17.8 Å². The first-order chi connectivity index (χ1) is 12.1. The van der Waals surface area contributed by atoms with Crippen LogP contribution in [0.4, 0.5) is 10.5 Å². The molecule has 1 aromatic carbocycles. The van der Waals surface area contributed by atoms with Crippen LogP contribution in [0.25, 0.3) is 0 Å². The number of carbonyl (C=O) groups excluding carboxylic acids is 1. The lowest BCUT2D eigenvalue weighted by Gasteiger charge is -2.23. The minimum atomic E-state index is -0.151. The maximum atomic E-state index is 12.7. The summed E-state index contributed by atoms with van der Waals surface area (Å²) in [4.78, 5) is 14.5. The molecule has 1 aliphatic rings. The van der Waals surface area contributed by atoms with Gasteiger partial charge in [0, 0.05) is 26.4 Å². The Hall–Kier alpha value is -2.54. The number of hydrogen-bond donors (Lipinski definition) is 2. The molecule has 7 heteroatoms. The molecule has 2 aromatic rings. The summed E-state index contributed by atoms with van der Waals surface area (Å²) in [5.41, 5.74) is 1.57. The number of phenols is 1. The van der Waals surface area contributed by atoms with Gasteiger partial charge in [-0.1, -0.05) is 12.1 Å². The number of hydrogen-bond acceptors (Lipinski definition) is 4. The van der Waals surface area contributed by atoms with E-state index in [4.69, 9.17) is 4.74 Å². The van der Waals surface area contributed by atoms with Crippen molar-refractivity contribution in [3.8, 4) is 5.75 Å². The number of rotatable bonds is 8. The number of anilines is 1. The van der Waals surface area contributed by atoms with Gasteiger partial charge in [-0.3, -0.25) is 4.68 Å². The van der Waals surface area contributed by atoms with E-state index >= 15 is 0 Å². The fourth-order valence-electron chi connectivity index (χ4n) is 2.64. The Labute approximate surface area is 147 Å². The summed E-state index contributed by atoms with van der Waals surface area (Å²) in [5, 5.41) is 16.7. The third-order valence-corrected chi connectivity index (χ3v) is 4.16. The van der Waals surface area contributed by atoms with Gasteiger partial charge in [0.25, 0.3) is 0 Å². The van der Waals surface area contributed by atoms with Gasteiger partial charge in [0.2, 0.25) is 0 Å². The third-order valence-electron chi connectivity index (χ3n) is 4.16. The van der Waals surface area contributed by atoms with Gasteiger partial charge in [0.05, 0.1) is 25.0 Å². The zero-order valence-electron chi connectivity index (χ0n) is 14.4. The molecule has 0 aliphatic heterocycles. The molecule has 0 spiro atoms. The SMILES string of the molecule is COCCn1cc(NC(=O)N(Cc2cccc(O)c2)CC2CC2)cn1. The second-order valence-corrected chi connectivity index (χ2v) is 6.41. The summed E-state index contributed by atoms with van der Waals surface area (Å²) in [6.45, 7) is 2.40. The maximum absolute atomic E-state index is 12.7. The quantitative estimate of drug-likeness (QED) is 0.772. The molecule has 134 valence electrons. The minimum absolute atomic E-state index is 0.151. The number of aromatic hydroxyl groups is 1. The van der Waals surface area contributed by atoms with Crippen molar-refractivity contribution in [3.63, 3.8) is 0 Å². The highest BCUT2D eigenvalue weighted by molar-refractivity contribution is 5.89. The molecule has 0 radical (unpaired) electrons. The van der Waals surface area contributed by atoms with E-state index in [0.29, 0.717) is 31.3 Å². The highest BCUT2D eigenvalue weighted by Gasteiger charge is 2.27. The summed E-state index contributed by atoms with van der Waals surface area (Å²) in [7, 11) is 1.64. The van der Waals surface area contributed by atoms with Crippen LogP contribution in [0.1, 0.15) is 18.4 Å². The van der Waals surface area contributed by atoms with Crippen LogP contribution in [0, 0.1) is 5.92 Å². The van der Waals surface area contributed by atoms with Crippen molar-refractivity contribution >= 4 is 11.7 Å². The lowest BCUT2D eigenvalue weighted by atomic mass is 10.2. The number of nitrogens with one attached hydrogen (secondary N) is 1. The van der Waals surface area contributed by atoms with Crippen molar-refractivity contribution in [2.24, 2.45) is 5.92 Å². The fraction of sp³-hybridized carbons (Fsp3) is 0.444.